The van der Waals surface area contributed by atoms with Gasteiger partial charge in [0.25, 0.3) is 0 Å². The Labute approximate surface area is 131 Å². The van der Waals surface area contributed by atoms with Crippen LogP contribution < -0.4 is 5.32 Å². The van der Waals surface area contributed by atoms with Crippen molar-refractivity contribution in [3.8, 4) is 0 Å². The first-order chi connectivity index (χ1) is 10.7. The van der Waals surface area contributed by atoms with Gasteiger partial charge < -0.3 is 5.32 Å². The molecular weight excluding hydrogens is 276 g/mol. The van der Waals surface area contributed by atoms with E-state index in [9.17, 15) is 0 Å². The van der Waals surface area contributed by atoms with Crippen LogP contribution in [0.1, 0.15) is 42.5 Å². The van der Waals surface area contributed by atoms with Crippen LogP contribution in [-0.4, -0.2) is 37.3 Å². The van der Waals surface area contributed by atoms with E-state index >= 15 is 0 Å². The SMILES string of the molecule is Cc1nc(CCN[C@@H](C)Cn2cncn2)nc2c1CCCC2. The molecule has 0 saturated heterocycles. The number of nitrogens with zero attached hydrogens (tertiary/aromatic N) is 5. The summed E-state index contributed by atoms with van der Waals surface area (Å²) in [6.45, 7) is 5.98. The second kappa shape index (κ2) is 6.96. The first kappa shape index (κ1) is 15.1. The molecule has 0 radical (unpaired) electrons. The number of hydrogen-bond donors (Lipinski definition) is 1. The van der Waals surface area contributed by atoms with Crippen molar-refractivity contribution < 1.29 is 0 Å². The molecule has 1 N–H and O–H groups in total. The molecule has 0 saturated carbocycles. The van der Waals surface area contributed by atoms with Crippen molar-refractivity contribution in [2.24, 2.45) is 0 Å². The average molecular weight is 300 g/mol. The van der Waals surface area contributed by atoms with Crippen LogP contribution in [0.15, 0.2) is 12.7 Å². The van der Waals surface area contributed by atoms with Crippen molar-refractivity contribution in [3.05, 3.63) is 35.4 Å². The molecule has 0 amide bonds. The third-order valence-electron chi connectivity index (χ3n) is 4.21. The fourth-order valence-corrected chi connectivity index (χ4v) is 3.06. The van der Waals surface area contributed by atoms with Crippen LogP contribution in [0.2, 0.25) is 0 Å². The molecule has 2 aromatic rings. The molecule has 3 rings (SSSR count). The fraction of sp³-hybridized carbons (Fsp3) is 0.625. The lowest BCUT2D eigenvalue weighted by Gasteiger charge is -2.18. The minimum Gasteiger partial charge on any atom is -0.312 e. The highest BCUT2D eigenvalue weighted by Crippen LogP contribution is 2.21. The topological polar surface area (TPSA) is 68.5 Å². The minimum atomic E-state index is 0.348. The highest BCUT2D eigenvalue weighted by atomic mass is 15.3. The third-order valence-corrected chi connectivity index (χ3v) is 4.21. The first-order valence-electron chi connectivity index (χ1n) is 8.13. The van der Waals surface area contributed by atoms with Gasteiger partial charge >= 0.3 is 0 Å². The van der Waals surface area contributed by atoms with Gasteiger partial charge in [0.1, 0.15) is 18.5 Å². The van der Waals surface area contributed by atoms with E-state index in [1.54, 1.807) is 12.7 Å². The number of fused-ring (bicyclic) bond motifs is 1. The average Bonchev–Trinajstić information content (AvgIpc) is 3.00. The molecule has 118 valence electrons. The first-order valence-corrected chi connectivity index (χ1v) is 8.13. The molecular formula is C16H24N6. The second-order valence-electron chi connectivity index (χ2n) is 6.08. The van der Waals surface area contributed by atoms with Gasteiger partial charge in [-0.05, 0) is 45.1 Å². The lowest BCUT2D eigenvalue weighted by atomic mass is 9.95. The van der Waals surface area contributed by atoms with E-state index in [-0.39, 0.29) is 0 Å². The lowest BCUT2D eigenvalue weighted by molar-refractivity contribution is 0.451. The Morgan fingerprint density at radius 1 is 1.27 bits per heavy atom. The number of aryl methyl sites for hydroxylation is 2. The Hall–Kier alpha value is -1.82. The van der Waals surface area contributed by atoms with E-state index in [0.29, 0.717) is 6.04 Å². The predicted octanol–water partition coefficient (Wildman–Crippen LogP) is 1.48. The third kappa shape index (κ3) is 3.68. The summed E-state index contributed by atoms with van der Waals surface area (Å²) >= 11 is 0. The summed E-state index contributed by atoms with van der Waals surface area (Å²) in [5, 5.41) is 7.62. The zero-order valence-corrected chi connectivity index (χ0v) is 13.4. The van der Waals surface area contributed by atoms with Crippen LogP contribution in [0, 0.1) is 6.92 Å². The largest absolute Gasteiger partial charge is 0.312 e. The minimum absolute atomic E-state index is 0.348. The Kier molecular flexibility index (Phi) is 4.77. The van der Waals surface area contributed by atoms with Crippen LogP contribution in [0.25, 0.3) is 0 Å². The summed E-state index contributed by atoms with van der Waals surface area (Å²) in [7, 11) is 0. The Bertz CT molecular complexity index is 607. The Balaban J connectivity index is 1.52. The molecule has 2 aromatic heterocycles. The molecule has 1 aliphatic rings. The summed E-state index contributed by atoms with van der Waals surface area (Å²) in [4.78, 5) is 13.4. The fourth-order valence-electron chi connectivity index (χ4n) is 3.06. The molecule has 0 bridgehead atoms. The smallest absolute Gasteiger partial charge is 0.137 e. The van der Waals surface area contributed by atoms with E-state index < -0.39 is 0 Å². The molecule has 22 heavy (non-hydrogen) atoms. The molecule has 0 fully saturated rings. The Morgan fingerprint density at radius 3 is 2.95 bits per heavy atom. The van der Waals surface area contributed by atoms with Gasteiger partial charge in [-0.3, -0.25) is 4.68 Å². The van der Waals surface area contributed by atoms with E-state index in [1.807, 2.05) is 4.68 Å². The summed E-state index contributed by atoms with van der Waals surface area (Å²) in [6.07, 6.45) is 8.98. The molecule has 0 aromatic carbocycles. The predicted molar refractivity (Wildman–Crippen MR) is 84.6 cm³/mol. The standard InChI is InChI=1S/C16H24N6/c1-12(9-22-11-17-10-19-22)18-8-7-16-20-13(2)14-5-3-4-6-15(14)21-16/h10-12,18H,3-9H2,1-2H3/t12-/m0/s1. The quantitative estimate of drug-likeness (QED) is 0.875. The van der Waals surface area contributed by atoms with Crippen LogP contribution >= 0.6 is 0 Å². The number of rotatable bonds is 6. The van der Waals surface area contributed by atoms with E-state index in [2.05, 4.69) is 34.2 Å². The molecule has 1 atom stereocenters. The van der Waals surface area contributed by atoms with Gasteiger partial charge in [0, 0.05) is 30.4 Å². The maximum absolute atomic E-state index is 4.77. The number of nitrogens with one attached hydrogen (secondary N) is 1. The maximum Gasteiger partial charge on any atom is 0.137 e. The van der Waals surface area contributed by atoms with Crippen molar-refractivity contribution in [2.45, 2.75) is 58.5 Å². The van der Waals surface area contributed by atoms with Gasteiger partial charge in [0.05, 0.1) is 6.54 Å². The molecule has 0 spiro atoms. The molecule has 2 heterocycles. The maximum atomic E-state index is 4.77. The van der Waals surface area contributed by atoms with Crippen LogP contribution in [0.3, 0.4) is 0 Å². The molecule has 6 nitrogen and oxygen atoms in total. The highest BCUT2D eigenvalue weighted by Gasteiger charge is 2.15. The zero-order chi connectivity index (χ0) is 15.4. The lowest BCUT2D eigenvalue weighted by Crippen LogP contribution is -2.32. The van der Waals surface area contributed by atoms with E-state index in [1.165, 1.54) is 29.8 Å². The van der Waals surface area contributed by atoms with Gasteiger partial charge in [-0.15, -0.1) is 0 Å². The van der Waals surface area contributed by atoms with Crippen LogP contribution in [0.5, 0.6) is 0 Å². The second-order valence-corrected chi connectivity index (χ2v) is 6.08. The van der Waals surface area contributed by atoms with Gasteiger partial charge in [-0.1, -0.05) is 0 Å². The van der Waals surface area contributed by atoms with Crippen LogP contribution in [0.4, 0.5) is 0 Å². The van der Waals surface area contributed by atoms with E-state index in [0.717, 1.165) is 38.2 Å². The molecule has 6 heteroatoms. The molecule has 0 aliphatic heterocycles. The summed E-state index contributed by atoms with van der Waals surface area (Å²) in [5.74, 6) is 0.971. The van der Waals surface area contributed by atoms with Crippen molar-refractivity contribution in [3.63, 3.8) is 0 Å². The van der Waals surface area contributed by atoms with Crippen molar-refractivity contribution >= 4 is 0 Å². The number of aromatic nitrogens is 5. The molecule has 1 aliphatic carbocycles. The monoisotopic (exact) mass is 300 g/mol. The van der Waals surface area contributed by atoms with Gasteiger partial charge in [-0.2, -0.15) is 5.10 Å². The summed E-state index contributed by atoms with van der Waals surface area (Å²) in [5.41, 5.74) is 3.85. The van der Waals surface area contributed by atoms with Gasteiger partial charge in [-0.25, -0.2) is 15.0 Å². The number of hydrogen-bond acceptors (Lipinski definition) is 5. The van der Waals surface area contributed by atoms with Crippen LogP contribution in [-0.2, 0) is 25.8 Å². The summed E-state index contributed by atoms with van der Waals surface area (Å²) < 4.78 is 1.84. The zero-order valence-electron chi connectivity index (χ0n) is 13.4. The summed E-state index contributed by atoms with van der Waals surface area (Å²) in [6, 6.07) is 0.348. The molecule has 0 unspecified atom stereocenters. The van der Waals surface area contributed by atoms with Gasteiger partial charge in [0.15, 0.2) is 0 Å². The van der Waals surface area contributed by atoms with E-state index in [4.69, 9.17) is 4.98 Å². The highest BCUT2D eigenvalue weighted by molar-refractivity contribution is 5.27. The Morgan fingerprint density at radius 2 is 2.14 bits per heavy atom. The van der Waals surface area contributed by atoms with Gasteiger partial charge in [0.2, 0.25) is 0 Å². The normalized spacial score (nSPS) is 15.5. The van der Waals surface area contributed by atoms with Crippen molar-refractivity contribution in [2.75, 3.05) is 6.54 Å². The van der Waals surface area contributed by atoms with Crippen molar-refractivity contribution in [1.29, 1.82) is 0 Å². The van der Waals surface area contributed by atoms with Crippen molar-refractivity contribution in [1.82, 2.24) is 30.0 Å².